The Bertz CT molecular complexity index is 460. The molecule has 116 valence electrons. The van der Waals surface area contributed by atoms with Crippen molar-refractivity contribution in [3.05, 3.63) is 34.9 Å². The molecule has 0 aromatic heterocycles. The molecule has 1 N–H and O–H groups in total. The second-order valence-corrected chi connectivity index (χ2v) is 7.34. The van der Waals surface area contributed by atoms with E-state index in [1.165, 1.54) is 51.6 Å². The molecular formula is C18H26ClNO. The summed E-state index contributed by atoms with van der Waals surface area (Å²) >= 11 is 5.99. The van der Waals surface area contributed by atoms with Crippen LogP contribution in [0.3, 0.4) is 0 Å². The summed E-state index contributed by atoms with van der Waals surface area (Å²) in [6, 6.07) is 7.59. The maximum absolute atomic E-state index is 10.3. The van der Waals surface area contributed by atoms with Crippen LogP contribution in [-0.4, -0.2) is 29.6 Å². The van der Waals surface area contributed by atoms with Gasteiger partial charge in [-0.25, -0.2) is 0 Å². The fraction of sp³-hybridized carbons (Fsp3) is 0.667. The molecule has 1 aromatic rings. The Morgan fingerprint density at radius 2 is 1.86 bits per heavy atom. The van der Waals surface area contributed by atoms with Crippen molar-refractivity contribution in [2.24, 2.45) is 5.41 Å². The molecule has 1 heterocycles. The minimum atomic E-state index is -0.397. The number of hydrogen-bond donors (Lipinski definition) is 1. The second-order valence-electron chi connectivity index (χ2n) is 6.91. The van der Waals surface area contributed by atoms with Crippen LogP contribution in [-0.2, 0) is 0 Å². The largest absolute Gasteiger partial charge is 0.388 e. The maximum Gasteiger partial charge on any atom is 0.0802 e. The molecule has 1 spiro atoms. The zero-order chi connectivity index (χ0) is 14.7. The van der Waals surface area contributed by atoms with E-state index in [2.05, 4.69) is 4.90 Å². The third-order valence-electron chi connectivity index (χ3n) is 5.53. The highest BCUT2D eigenvalue weighted by molar-refractivity contribution is 6.30. The summed E-state index contributed by atoms with van der Waals surface area (Å²) in [6.07, 6.45) is 8.90. The van der Waals surface area contributed by atoms with E-state index in [0.717, 1.165) is 18.5 Å². The minimum absolute atomic E-state index is 0.397. The minimum Gasteiger partial charge on any atom is -0.388 e. The van der Waals surface area contributed by atoms with Crippen LogP contribution in [0.15, 0.2) is 24.3 Å². The molecule has 2 nitrogen and oxygen atoms in total. The normalized spacial score (nSPS) is 23.5. The van der Waals surface area contributed by atoms with Gasteiger partial charge in [-0.2, -0.15) is 0 Å². The van der Waals surface area contributed by atoms with Gasteiger partial charge < -0.3 is 10.0 Å². The van der Waals surface area contributed by atoms with E-state index in [4.69, 9.17) is 11.6 Å². The first kappa shape index (κ1) is 15.3. The van der Waals surface area contributed by atoms with Gasteiger partial charge in [-0.05, 0) is 68.3 Å². The molecule has 0 radical (unpaired) electrons. The average Bonchev–Trinajstić information content (AvgIpc) is 2.95. The summed E-state index contributed by atoms with van der Waals surface area (Å²) in [5.41, 5.74) is 1.62. The topological polar surface area (TPSA) is 23.5 Å². The van der Waals surface area contributed by atoms with E-state index in [-0.39, 0.29) is 0 Å². The lowest BCUT2D eigenvalue weighted by atomic mass is 9.77. The number of rotatable bonds is 4. The first-order chi connectivity index (χ1) is 10.2. The molecule has 1 saturated heterocycles. The van der Waals surface area contributed by atoms with Crippen LogP contribution < -0.4 is 0 Å². The van der Waals surface area contributed by atoms with Crippen LogP contribution in [0.1, 0.15) is 56.6 Å². The molecule has 1 aliphatic heterocycles. The summed E-state index contributed by atoms with van der Waals surface area (Å²) in [5, 5.41) is 11.0. The number of benzene rings is 1. The number of nitrogens with zero attached hydrogens (tertiary/aromatic N) is 1. The first-order valence-corrected chi connectivity index (χ1v) is 8.71. The third kappa shape index (κ3) is 3.80. The van der Waals surface area contributed by atoms with Gasteiger partial charge in [0.1, 0.15) is 0 Å². The van der Waals surface area contributed by atoms with E-state index >= 15 is 0 Å². The Morgan fingerprint density at radius 1 is 1.14 bits per heavy atom. The van der Waals surface area contributed by atoms with Crippen molar-refractivity contribution in [1.29, 1.82) is 0 Å². The Labute approximate surface area is 133 Å². The molecule has 2 fully saturated rings. The molecular weight excluding hydrogens is 282 g/mol. The van der Waals surface area contributed by atoms with Crippen LogP contribution in [0, 0.1) is 5.41 Å². The van der Waals surface area contributed by atoms with Gasteiger partial charge in [0.25, 0.3) is 0 Å². The third-order valence-corrected chi connectivity index (χ3v) is 5.77. The Hall–Kier alpha value is -0.570. The summed E-state index contributed by atoms with van der Waals surface area (Å²) in [6.45, 7) is 3.41. The van der Waals surface area contributed by atoms with Gasteiger partial charge in [0, 0.05) is 11.6 Å². The lowest BCUT2D eigenvalue weighted by Crippen LogP contribution is -2.39. The number of aliphatic hydroxyl groups is 1. The van der Waals surface area contributed by atoms with Crippen molar-refractivity contribution in [3.8, 4) is 0 Å². The number of hydrogen-bond acceptors (Lipinski definition) is 2. The van der Waals surface area contributed by atoms with Crippen LogP contribution in [0.4, 0.5) is 0 Å². The van der Waals surface area contributed by atoms with E-state index in [1.807, 2.05) is 24.3 Å². The molecule has 1 aromatic carbocycles. The Morgan fingerprint density at radius 3 is 2.52 bits per heavy atom. The predicted molar refractivity (Wildman–Crippen MR) is 87.6 cm³/mol. The molecule has 1 atom stereocenters. The lowest BCUT2D eigenvalue weighted by Gasteiger charge is -2.39. The number of likely N-dealkylation sites (tertiary alicyclic amines) is 1. The van der Waals surface area contributed by atoms with Crippen LogP contribution in [0.2, 0.25) is 5.02 Å². The fourth-order valence-corrected chi connectivity index (χ4v) is 4.26. The van der Waals surface area contributed by atoms with Gasteiger partial charge >= 0.3 is 0 Å². The van der Waals surface area contributed by atoms with Crippen molar-refractivity contribution in [1.82, 2.24) is 4.90 Å². The highest BCUT2D eigenvalue weighted by Crippen LogP contribution is 2.46. The summed E-state index contributed by atoms with van der Waals surface area (Å²) in [7, 11) is 0. The SMILES string of the molecule is OC(CCN1CCC2(CCCC2)CC1)c1cccc(Cl)c1. The maximum atomic E-state index is 10.3. The number of piperidine rings is 1. The predicted octanol–water partition coefficient (Wildman–Crippen LogP) is 4.42. The van der Waals surface area contributed by atoms with Crippen molar-refractivity contribution in [2.45, 2.75) is 51.0 Å². The van der Waals surface area contributed by atoms with E-state index in [9.17, 15) is 5.11 Å². The molecule has 1 saturated carbocycles. The van der Waals surface area contributed by atoms with Crippen molar-refractivity contribution in [3.63, 3.8) is 0 Å². The van der Waals surface area contributed by atoms with Gasteiger partial charge in [0.15, 0.2) is 0 Å². The van der Waals surface area contributed by atoms with Gasteiger partial charge in [0.05, 0.1) is 6.10 Å². The number of halogens is 1. The zero-order valence-electron chi connectivity index (χ0n) is 12.7. The quantitative estimate of drug-likeness (QED) is 0.890. The summed E-state index contributed by atoms with van der Waals surface area (Å²) < 4.78 is 0. The fourth-order valence-electron chi connectivity index (χ4n) is 4.06. The smallest absolute Gasteiger partial charge is 0.0802 e. The summed E-state index contributed by atoms with van der Waals surface area (Å²) in [5.74, 6) is 0. The van der Waals surface area contributed by atoms with Crippen LogP contribution >= 0.6 is 11.6 Å². The Kier molecular flexibility index (Phi) is 4.88. The second kappa shape index (κ2) is 6.68. The van der Waals surface area contributed by atoms with E-state index in [1.54, 1.807) is 0 Å². The van der Waals surface area contributed by atoms with Crippen LogP contribution in [0.25, 0.3) is 0 Å². The first-order valence-electron chi connectivity index (χ1n) is 8.33. The highest BCUT2D eigenvalue weighted by atomic mass is 35.5. The molecule has 1 unspecified atom stereocenters. The van der Waals surface area contributed by atoms with Gasteiger partial charge in [0.2, 0.25) is 0 Å². The van der Waals surface area contributed by atoms with Crippen molar-refractivity contribution in [2.75, 3.05) is 19.6 Å². The number of aliphatic hydroxyl groups excluding tert-OH is 1. The molecule has 1 aliphatic carbocycles. The van der Waals surface area contributed by atoms with Crippen molar-refractivity contribution < 1.29 is 5.11 Å². The van der Waals surface area contributed by atoms with Crippen molar-refractivity contribution >= 4 is 11.6 Å². The van der Waals surface area contributed by atoms with E-state index < -0.39 is 6.10 Å². The van der Waals surface area contributed by atoms with Gasteiger partial charge in [-0.1, -0.05) is 36.6 Å². The van der Waals surface area contributed by atoms with Gasteiger partial charge in [-0.15, -0.1) is 0 Å². The molecule has 2 aliphatic rings. The Balaban J connectivity index is 1.45. The van der Waals surface area contributed by atoms with Gasteiger partial charge in [-0.3, -0.25) is 0 Å². The average molecular weight is 308 g/mol. The molecule has 3 rings (SSSR count). The molecule has 3 heteroatoms. The monoisotopic (exact) mass is 307 g/mol. The van der Waals surface area contributed by atoms with E-state index in [0.29, 0.717) is 10.4 Å². The molecule has 0 amide bonds. The standard InChI is InChI=1S/C18H26ClNO/c19-16-5-3-4-15(14-16)17(21)6-11-20-12-9-18(10-13-20)7-1-2-8-18/h3-5,14,17,21H,1-2,6-13H2. The highest BCUT2D eigenvalue weighted by Gasteiger charge is 2.36. The molecule has 21 heavy (non-hydrogen) atoms. The lowest BCUT2D eigenvalue weighted by molar-refractivity contribution is 0.0870. The van der Waals surface area contributed by atoms with Crippen LogP contribution in [0.5, 0.6) is 0 Å². The molecule has 0 bridgehead atoms. The zero-order valence-corrected chi connectivity index (χ0v) is 13.5. The summed E-state index contributed by atoms with van der Waals surface area (Å²) in [4.78, 5) is 2.53.